The topological polar surface area (TPSA) is 71.4 Å². The molecule has 0 saturated carbocycles. The molecule has 0 bridgehead atoms. The quantitative estimate of drug-likeness (QED) is 0.886. The number of hydrogen-bond donors (Lipinski definition) is 1. The molecule has 7 heteroatoms. The van der Waals surface area contributed by atoms with Gasteiger partial charge in [-0.05, 0) is 31.4 Å². The number of rotatable bonds is 5. The van der Waals surface area contributed by atoms with Crippen LogP contribution in [0.5, 0.6) is 0 Å². The molecule has 3 rings (SSSR count). The van der Waals surface area contributed by atoms with Gasteiger partial charge in [-0.2, -0.15) is 0 Å². The fraction of sp³-hybridized carbons (Fsp3) is 0.389. The van der Waals surface area contributed by atoms with Gasteiger partial charge in [0.15, 0.2) is 0 Å². The normalized spacial score (nSPS) is 14.9. The molecule has 1 aromatic heterocycles. The van der Waals surface area contributed by atoms with Crippen LogP contribution >= 0.6 is 0 Å². The highest BCUT2D eigenvalue weighted by atomic mass is 32.2. The van der Waals surface area contributed by atoms with Crippen molar-refractivity contribution in [3.05, 3.63) is 53.3 Å². The number of carbonyl (C=O) groups is 1. The SMILES string of the molecule is Cc1c(S(=O)(=O)NCc2ccccc2)cc(C(=O)N2CCCC2)n1C. The zero-order valence-electron chi connectivity index (χ0n) is 14.5. The van der Waals surface area contributed by atoms with Crippen LogP contribution in [0.25, 0.3) is 0 Å². The van der Waals surface area contributed by atoms with Gasteiger partial charge >= 0.3 is 0 Å². The molecule has 0 unspecified atom stereocenters. The molecule has 0 spiro atoms. The maximum atomic E-state index is 12.7. The van der Waals surface area contributed by atoms with Crippen LogP contribution in [0.3, 0.4) is 0 Å². The third kappa shape index (κ3) is 3.62. The number of benzene rings is 1. The summed E-state index contributed by atoms with van der Waals surface area (Å²) in [6, 6.07) is 10.8. The number of sulfonamides is 1. The van der Waals surface area contributed by atoms with E-state index < -0.39 is 10.0 Å². The number of carbonyl (C=O) groups excluding carboxylic acids is 1. The van der Waals surface area contributed by atoms with E-state index in [-0.39, 0.29) is 17.3 Å². The van der Waals surface area contributed by atoms with E-state index in [1.165, 1.54) is 6.07 Å². The maximum absolute atomic E-state index is 12.7. The third-order valence-electron chi connectivity index (χ3n) is 4.70. The zero-order valence-corrected chi connectivity index (χ0v) is 15.3. The molecule has 25 heavy (non-hydrogen) atoms. The lowest BCUT2D eigenvalue weighted by Crippen LogP contribution is -2.29. The minimum absolute atomic E-state index is 0.104. The number of likely N-dealkylation sites (tertiary alicyclic amines) is 1. The summed E-state index contributed by atoms with van der Waals surface area (Å²) >= 11 is 0. The Bertz CT molecular complexity index is 866. The molecule has 1 N–H and O–H groups in total. The van der Waals surface area contributed by atoms with Gasteiger partial charge < -0.3 is 9.47 Å². The highest BCUT2D eigenvalue weighted by Crippen LogP contribution is 2.22. The molecule has 1 fully saturated rings. The van der Waals surface area contributed by atoms with Gasteiger partial charge in [0.05, 0.1) is 0 Å². The Morgan fingerprint density at radius 3 is 2.44 bits per heavy atom. The van der Waals surface area contributed by atoms with Crippen LogP contribution < -0.4 is 4.72 Å². The van der Waals surface area contributed by atoms with Gasteiger partial charge in [-0.1, -0.05) is 30.3 Å². The maximum Gasteiger partial charge on any atom is 0.270 e. The highest BCUT2D eigenvalue weighted by molar-refractivity contribution is 7.89. The predicted octanol–water partition coefficient (Wildman–Crippen LogP) is 2.05. The second kappa shape index (κ2) is 7.01. The van der Waals surface area contributed by atoms with E-state index in [1.807, 2.05) is 30.3 Å². The fourth-order valence-electron chi connectivity index (χ4n) is 3.08. The molecule has 1 aromatic carbocycles. The first kappa shape index (κ1) is 17.7. The molecule has 2 heterocycles. The van der Waals surface area contributed by atoms with E-state index in [4.69, 9.17) is 0 Å². The molecule has 1 amide bonds. The van der Waals surface area contributed by atoms with Crippen molar-refractivity contribution in [3.8, 4) is 0 Å². The van der Waals surface area contributed by atoms with Crippen molar-refractivity contribution in [2.24, 2.45) is 7.05 Å². The van der Waals surface area contributed by atoms with Gasteiger partial charge in [-0.25, -0.2) is 13.1 Å². The first-order valence-corrected chi connectivity index (χ1v) is 9.87. The summed E-state index contributed by atoms with van der Waals surface area (Å²) in [5.41, 5.74) is 1.86. The van der Waals surface area contributed by atoms with E-state index >= 15 is 0 Å². The molecule has 2 aromatic rings. The van der Waals surface area contributed by atoms with Crippen LogP contribution in [0.4, 0.5) is 0 Å². The number of hydrogen-bond acceptors (Lipinski definition) is 3. The standard InChI is InChI=1S/C18H23N3O3S/c1-14-17(25(23,24)19-13-15-8-4-3-5-9-15)12-16(20(14)2)18(22)21-10-6-7-11-21/h3-5,8-9,12,19H,6-7,10-11,13H2,1-2H3. The Kier molecular flexibility index (Phi) is 4.96. The van der Waals surface area contributed by atoms with E-state index in [1.54, 1.807) is 23.4 Å². The average molecular weight is 361 g/mol. The molecule has 1 aliphatic rings. The van der Waals surface area contributed by atoms with Crippen molar-refractivity contribution < 1.29 is 13.2 Å². The Morgan fingerprint density at radius 1 is 1.16 bits per heavy atom. The van der Waals surface area contributed by atoms with Gasteiger partial charge in [0.25, 0.3) is 5.91 Å². The predicted molar refractivity (Wildman–Crippen MR) is 95.8 cm³/mol. The Hall–Kier alpha value is -2.12. The van der Waals surface area contributed by atoms with Crippen LogP contribution in [0, 0.1) is 6.92 Å². The number of amides is 1. The number of nitrogens with one attached hydrogen (secondary N) is 1. The van der Waals surface area contributed by atoms with Gasteiger partial charge in [-0.15, -0.1) is 0 Å². The average Bonchev–Trinajstić information content (AvgIpc) is 3.24. The molecule has 134 valence electrons. The van der Waals surface area contributed by atoms with Crippen molar-refractivity contribution in [3.63, 3.8) is 0 Å². The first-order valence-electron chi connectivity index (χ1n) is 8.39. The van der Waals surface area contributed by atoms with Gasteiger partial charge in [-0.3, -0.25) is 4.79 Å². The van der Waals surface area contributed by atoms with Gasteiger partial charge in [0, 0.05) is 32.4 Å². The summed E-state index contributed by atoms with van der Waals surface area (Å²) < 4.78 is 29.7. The van der Waals surface area contributed by atoms with Crippen LogP contribution in [-0.4, -0.2) is 36.9 Å². The summed E-state index contributed by atoms with van der Waals surface area (Å²) in [4.78, 5) is 14.6. The molecule has 0 aliphatic carbocycles. The van der Waals surface area contributed by atoms with Gasteiger partial charge in [0.2, 0.25) is 10.0 Å². The van der Waals surface area contributed by atoms with Crippen molar-refractivity contribution in [1.82, 2.24) is 14.2 Å². The monoisotopic (exact) mass is 361 g/mol. The lowest BCUT2D eigenvalue weighted by molar-refractivity contribution is 0.0783. The molecule has 6 nitrogen and oxygen atoms in total. The summed E-state index contributed by atoms with van der Waals surface area (Å²) in [7, 11) is -1.96. The number of nitrogens with zero attached hydrogens (tertiary/aromatic N) is 2. The van der Waals surface area contributed by atoms with Crippen LogP contribution in [0.15, 0.2) is 41.3 Å². The smallest absolute Gasteiger partial charge is 0.270 e. The second-order valence-electron chi connectivity index (χ2n) is 6.35. The largest absolute Gasteiger partial charge is 0.343 e. The van der Waals surface area contributed by atoms with Crippen LogP contribution in [-0.2, 0) is 23.6 Å². The van der Waals surface area contributed by atoms with Crippen LogP contribution in [0.2, 0.25) is 0 Å². The van der Waals surface area contributed by atoms with E-state index in [0.29, 0.717) is 11.4 Å². The fourth-order valence-corrected chi connectivity index (χ4v) is 4.39. The van der Waals surface area contributed by atoms with E-state index in [9.17, 15) is 13.2 Å². The van der Waals surface area contributed by atoms with Crippen LogP contribution in [0.1, 0.15) is 34.6 Å². The van der Waals surface area contributed by atoms with E-state index in [0.717, 1.165) is 31.5 Å². The zero-order chi connectivity index (χ0) is 18.0. The van der Waals surface area contributed by atoms with Crippen molar-refractivity contribution >= 4 is 15.9 Å². The molecule has 0 radical (unpaired) electrons. The summed E-state index contributed by atoms with van der Waals surface area (Å²) in [6.07, 6.45) is 2.00. The lowest BCUT2D eigenvalue weighted by atomic mass is 10.2. The van der Waals surface area contributed by atoms with Crippen molar-refractivity contribution in [1.29, 1.82) is 0 Å². The molecule has 0 atom stereocenters. The van der Waals surface area contributed by atoms with E-state index in [2.05, 4.69) is 4.72 Å². The third-order valence-corrected chi connectivity index (χ3v) is 6.22. The minimum Gasteiger partial charge on any atom is -0.343 e. The first-order chi connectivity index (χ1) is 11.9. The summed E-state index contributed by atoms with van der Waals surface area (Å²) in [5.74, 6) is -0.104. The lowest BCUT2D eigenvalue weighted by Gasteiger charge is -2.15. The van der Waals surface area contributed by atoms with Crippen molar-refractivity contribution in [2.75, 3.05) is 13.1 Å². The summed E-state index contributed by atoms with van der Waals surface area (Å²) in [6.45, 7) is 3.40. The molecular formula is C18H23N3O3S. The highest BCUT2D eigenvalue weighted by Gasteiger charge is 2.27. The molecular weight excluding hydrogens is 338 g/mol. The minimum atomic E-state index is -3.69. The Morgan fingerprint density at radius 2 is 1.80 bits per heavy atom. The Labute approximate surface area is 148 Å². The number of aromatic nitrogens is 1. The van der Waals surface area contributed by atoms with Crippen molar-refractivity contribution in [2.45, 2.75) is 31.2 Å². The van der Waals surface area contributed by atoms with Gasteiger partial charge in [0.1, 0.15) is 10.6 Å². The summed E-state index contributed by atoms with van der Waals surface area (Å²) in [5, 5.41) is 0. The second-order valence-corrected chi connectivity index (χ2v) is 8.08. The Balaban J connectivity index is 1.83. The molecule has 1 saturated heterocycles. The molecule has 1 aliphatic heterocycles.